The van der Waals surface area contributed by atoms with E-state index in [1.807, 2.05) is 4.68 Å². The highest BCUT2D eigenvalue weighted by atomic mass is 15.4. The van der Waals surface area contributed by atoms with Crippen LogP contribution < -0.4 is 0 Å². The van der Waals surface area contributed by atoms with Crippen LogP contribution in [0, 0.1) is 0 Å². The Morgan fingerprint density at radius 3 is 1.26 bits per heavy atom. The SMILES string of the molecule is c1ccc(-c2ccccc2-c2ccc(-n3c4ccccc4c4ccccc43)cc2)c(-c2ccc(-n3nc(-c4cccc5ccccc45)nc3-c3cccc4ccccc34)cc2)c1. The Hall–Kier alpha value is -8.34. The van der Waals surface area contributed by atoms with Crippen LogP contribution in [0.4, 0.5) is 0 Å². The van der Waals surface area contributed by atoms with E-state index >= 15 is 0 Å². The van der Waals surface area contributed by atoms with E-state index < -0.39 is 0 Å². The van der Waals surface area contributed by atoms with Crippen LogP contribution in [0.5, 0.6) is 0 Å². The molecule has 10 aromatic carbocycles. The Labute approximate surface area is 359 Å². The number of hydrogen-bond donors (Lipinski definition) is 0. The zero-order chi connectivity index (χ0) is 41.0. The quantitative estimate of drug-likeness (QED) is 0.161. The number of nitrogens with zero attached hydrogens (tertiary/aromatic N) is 4. The minimum atomic E-state index is 0.693. The van der Waals surface area contributed by atoms with E-state index in [0.29, 0.717) is 5.82 Å². The van der Waals surface area contributed by atoms with Crippen LogP contribution in [-0.2, 0) is 0 Å². The molecule has 0 saturated heterocycles. The van der Waals surface area contributed by atoms with Crippen LogP contribution in [0.2, 0.25) is 0 Å². The highest BCUT2D eigenvalue weighted by molar-refractivity contribution is 6.09. The molecule has 0 unspecified atom stereocenters. The van der Waals surface area contributed by atoms with Gasteiger partial charge in [0.2, 0.25) is 0 Å². The lowest BCUT2D eigenvalue weighted by Gasteiger charge is -2.16. The highest BCUT2D eigenvalue weighted by Crippen LogP contribution is 2.40. The van der Waals surface area contributed by atoms with Crippen molar-refractivity contribution < 1.29 is 0 Å². The maximum absolute atomic E-state index is 5.30. The molecule has 62 heavy (non-hydrogen) atoms. The summed E-state index contributed by atoms with van der Waals surface area (Å²) in [7, 11) is 0. The van der Waals surface area contributed by atoms with Gasteiger partial charge in [-0.2, -0.15) is 0 Å². The standard InChI is InChI=1S/C58H38N4/c1-3-21-47-39(15-1)17-13-27-53(47)57-59-58(54-28-14-18-40-16-2-4-22-48(40)54)62(60-57)44-37-33-42(34-38-44)46-20-6-8-24-50(46)49-23-7-5-19-45(49)41-31-35-43(36-32-41)61-55-29-11-9-25-51(55)52-26-10-12-30-56(52)61/h1-38H. The lowest BCUT2D eigenvalue weighted by atomic mass is 9.89. The van der Waals surface area contributed by atoms with E-state index in [-0.39, 0.29) is 0 Å². The lowest BCUT2D eigenvalue weighted by molar-refractivity contribution is 0.892. The summed E-state index contributed by atoms with van der Waals surface area (Å²) >= 11 is 0. The van der Waals surface area contributed by atoms with Crippen molar-refractivity contribution in [2.45, 2.75) is 0 Å². The molecular weight excluding hydrogens is 753 g/mol. The third-order valence-electron chi connectivity index (χ3n) is 12.3. The third-order valence-corrected chi connectivity index (χ3v) is 12.3. The van der Waals surface area contributed by atoms with Crippen molar-refractivity contribution in [3.8, 4) is 67.5 Å². The Bertz CT molecular complexity index is 3570. The molecule has 2 aromatic heterocycles. The van der Waals surface area contributed by atoms with Crippen molar-refractivity contribution in [1.29, 1.82) is 0 Å². The van der Waals surface area contributed by atoms with Crippen molar-refractivity contribution in [2.75, 3.05) is 0 Å². The molecule has 0 atom stereocenters. The van der Waals surface area contributed by atoms with Gasteiger partial charge in [0.25, 0.3) is 0 Å². The van der Waals surface area contributed by atoms with Crippen molar-refractivity contribution in [3.05, 3.63) is 231 Å². The third kappa shape index (κ3) is 5.92. The van der Waals surface area contributed by atoms with Crippen LogP contribution in [0.15, 0.2) is 231 Å². The molecule has 4 heteroatoms. The molecule has 290 valence electrons. The topological polar surface area (TPSA) is 35.6 Å². The van der Waals surface area contributed by atoms with E-state index in [9.17, 15) is 0 Å². The molecule has 0 amide bonds. The number of benzene rings is 10. The smallest absolute Gasteiger partial charge is 0.182 e. The molecule has 0 saturated carbocycles. The molecule has 0 aliphatic rings. The van der Waals surface area contributed by atoms with E-state index in [4.69, 9.17) is 10.1 Å². The van der Waals surface area contributed by atoms with Crippen LogP contribution in [0.25, 0.3) is 111 Å². The lowest BCUT2D eigenvalue weighted by Crippen LogP contribution is -2.00. The van der Waals surface area contributed by atoms with E-state index in [1.54, 1.807) is 0 Å². The van der Waals surface area contributed by atoms with Crippen molar-refractivity contribution in [2.24, 2.45) is 0 Å². The number of hydrogen-bond acceptors (Lipinski definition) is 2. The molecule has 0 aliphatic carbocycles. The fourth-order valence-electron chi connectivity index (χ4n) is 9.33. The second-order valence-corrected chi connectivity index (χ2v) is 15.8. The van der Waals surface area contributed by atoms with Crippen molar-refractivity contribution in [1.82, 2.24) is 19.3 Å². The van der Waals surface area contributed by atoms with Crippen LogP contribution in [-0.4, -0.2) is 19.3 Å². The second-order valence-electron chi connectivity index (χ2n) is 15.8. The van der Waals surface area contributed by atoms with Crippen molar-refractivity contribution in [3.63, 3.8) is 0 Å². The van der Waals surface area contributed by atoms with Gasteiger partial charge in [-0.15, -0.1) is 5.10 Å². The normalized spacial score (nSPS) is 11.5. The first kappa shape index (κ1) is 35.6. The van der Waals surface area contributed by atoms with Gasteiger partial charge in [-0.05, 0) is 91.3 Å². The average molecular weight is 791 g/mol. The van der Waals surface area contributed by atoms with Gasteiger partial charge in [-0.25, -0.2) is 9.67 Å². The zero-order valence-electron chi connectivity index (χ0n) is 33.7. The van der Waals surface area contributed by atoms with Gasteiger partial charge in [0, 0.05) is 27.6 Å². The summed E-state index contributed by atoms with van der Waals surface area (Å²) in [5.74, 6) is 1.50. The summed E-state index contributed by atoms with van der Waals surface area (Å²) in [6, 6.07) is 82.2. The van der Waals surface area contributed by atoms with Gasteiger partial charge >= 0.3 is 0 Å². The molecule has 12 aromatic rings. The number of rotatable bonds is 7. The Kier molecular flexibility index (Phi) is 8.46. The fourth-order valence-corrected chi connectivity index (χ4v) is 9.33. The first-order valence-electron chi connectivity index (χ1n) is 21.1. The number of aromatic nitrogens is 4. The molecule has 0 N–H and O–H groups in total. The molecule has 4 nitrogen and oxygen atoms in total. The maximum Gasteiger partial charge on any atom is 0.182 e. The van der Waals surface area contributed by atoms with E-state index in [0.717, 1.165) is 61.0 Å². The van der Waals surface area contributed by atoms with Gasteiger partial charge in [-0.1, -0.05) is 194 Å². The van der Waals surface area contributed by atoms with E-state index in [2.05, 4.69) is 235 Å². The Balaban J connectivity index is 0.934. The summed E-state index contributed by atoms with van der Waals surface area (Å²) < 4.78 is 4.38. The minimum absolute atomic E-state index is 0.693. The average Bonchev–Trinajstić information content (AvgIpc) is 3.94. The molecule has 12 rings (SSSR count). The maximum atomic E-state index is 5.30. The fraction of sp³-hybridized carbons (Fsp3) is 0. The van der Waals surface area contributed by atoms with Gasteiger partial charge in [0.1, 0.15) is 0 Å². The van der Waals surface area contributed by atoms with Gasteiger partial charge in [0.15, 0.2) is 11.6 Å². The Morgan fingerprint density at radius 2 is 0.694 bits per heavy atom. The van der Waals surface area contributed by atoms with Crippen LogP contribution in [0.3, 0.4) is 0 Å². The molecule has 0 aliphatic heterocycles. The molecule has 2 heterocycles. The predicted octanol–water partition coefficient (Wildman–Crippen LogP) is 15.0. The molecule has 0 radical (unpaired) electrons. The summed E-state index contributed by atoms with van der Waals surface area (Å²) in [6.45, 7) is 0. The highest BCUT2D eigenvalue weighted by Gasteiger charge is 2.20. The minimum Gasteiger partial charge on any atom is -0.309 e. The zero-order valence-corrected chi connectivity index (χ0v) is 33.7. The van der Waals surface area contributed by atoms with Crippen LogP contribution in [0.1, 0.15) is 0 Å². The molecule has 0 bridgehead atoms. The van der Waals surface area contributed by atoms with Crippen molar-refractivity contribution >= 4 is 43.4 Å². The Morgan fingerprint density at radius 1 is 0.290 bits per heavy atom. The second kappa shape index (κ2) is 14.7. The van der Waals surface area contributed by atoms with Gasteiger partial charge in [0.05, 0.1) is 16.7 Å². The molecule has 0 spiro atoms. The van der Waals surface area contributed by atoms with E-state index in [1.165, 1.54) is 44.1 Å². The molecule has 0 fully saturated rings. The monoisotopic (exact) mass is 790 g/mol. The summed E-state index contributed by atoms with van der Waals surface area (Å²) in [5.41, 5.74) is 13.6. The first-order valence-corrected chi connectivity index (χ1v) is 21.1. The largest absolute Gasteiger partial charge is 0.309 e. The number of para-hydroxylation sites is 2. The van der Waals surface area contributed by atoms with Gasteiger partial charge < -0.3 is 4.57 Å². The van der Waals surface area contributed by atoms with Crippen LogP contribution >= 0.6 is 0 Å². The first-order chi connectivity index (χ1) is 30.8. The number of fused-ring (bicyclic) bond motifs is 5. The summed E-state index contributed by atoms with van der Waals surface area (Å²) in [4.78, 5) is 5.30. The molecular formula is C58H38N4. The summed E-state index contributed by atoms with van der Waals surface area (Å²) in [5, 5.41) is 12.4. The van der Waals surface area contributed by atoms with Gasteiger partial charge in [-0.3, -0.25) is 0 Å². The predicted molar refractivity (Wildman–Crippen MR) is 258 cm³/mol. The summed E-state index contributed by atoms with van der Waals surface area (Å²) in [6.07, 6.45) is 0.